The lowest BCUT2D eigenvalue weighted by atomic mass is 10.2. The predicted molar refractivity (Wildman–Crippen MR) is 88.3 cm³/mol. The van der Waals surface area contributed by atoms with Gasteiger partial charge in [-0.3, -0.25) is 4.79 Å². The molecule has 0 radical (unpaired) electrons. The Hall–Kier alpha value is -2.18. The van der Waals surface area contributed by atoms with Crippen molar-refractivity contribution in [3.63, 3.8) is 0 Å². The van der Waals surface area contributed by atoms with Crippen molar-refractivity contribution >= 4 is 28.2 Å². The van der Waals surface area contributed by atoms with Crippen molar-refractivity contribution in [2.75, 3.05) is 20.3 Å². The largest absolute Gasteiger partial charge is 0.490 e. The van der Waals surface area contributed by atoms with Crippen LogP contribution < -0.4 is 9.47 Å². The molecule has 2 rings (SSSR count). The van der Waals surface area contributed by atoms with Crippen molar-refractivity contribution in [2.24, 2.45) is 0 Å². The molecule has 0 atom stereocenters. The van der Waals surface area contributed by atoms with Gasteiger partial charge in [0, 0.05) is 7.11 Å². The lowest BCUT2D eigenvalue weighted by Crippen LogP contribution is -2.10. The van der Waals surface area contributed by atoms with Crippen LogP contribution in [0.25, 0.3) is 0 Å². The van der Waals surface area contributed by atoms with E-state index >= 15 is 0 Å². The van der Waals surface area contributed by atoms with Crippen molar-refractivity contribution in [3.05, 3.63) is 58.1 Å². The molecule has 0 amide bonds. The molecule has 0 aliphatic heterocycles. The van der Waals surface area contributed by atoms with Crippen LogP contribution in [0.2, 0.25) is 0 Å². The number of rotatable bonds is 7. The first-order valence-corrected chi connectivity index (χ1v) is 7.62. The second kappa shape index (κ2) is 8.45. The lowest BCUT2D eigenvalue weighted by molar-refractivity contribution is 0.0733. The van der Waals surface area contributed by atoms with E-state index in [0.29, 0.717) is 40.8 Å². The SMILES string of the molecule is COCCOc1ccc(C(=O)Oc2ccccc2C=O)cc1Br. The zero-order chi connectivity index (χ0) is 16.7. The van der Waals surface area contributed by atoms with Crippen LogP contribution in [0.4, 0.5) is 0 Å². The lowest BCUT2D eigenvalue weighted by Gasteiger charge is -2.10. The third kappa shape index (κ3) is 4.64. The molecule has 0 spiro atoms. The van der Waals surface area contributed by atoms with E-state index in [4.69, 9.17) is 14.2 Å². The molecule has 2 aromatic carbocycles. The van der Waals surface area contributed by atoms with Crippen LogP contribution in [0.15, 0.2) is 46.9 Å². The normalized spacial score (nSPS) is 10.2. The summed E-state index contributed by atoms with van der Waals surface area (Å²) in [6.45, 7) is 0.879. The first-order valence-electron chi connectivity index (χ1n) is 6.83. The Labute approximate surface area is 142 Å². The van der Waals surface area contributed by atoms with Gasteiger partial charge in [-0.25, -0.2) is 4.79 Å². The van der Waals surface area contributed by atoms with E-state index in [0.717, 1.165) is 0 Å². The molecule has 0 aliphatic carbocycles. The van der Waals surface area contributed by atoms with Crippen LogP contribution in [0.1, 0.15) is 20.7 Å². The third-order valence-corrected chi connectivity index (χ3v) is 3.58. The molecule has 2 aromatic rings. The molecule has 0 saturated carbocycles. The number of hydrogen-bond donors (Lipinski definition) is 0. The molecule has 0 unspecified atom stereocenters. The topological polar surface area (TPSA) is 61.8 Å². The Kier molecular flexibility index (Phi) is 6.31. The number of methoxy groups -OCH3 is 1. The number of carbonyl (C=O) groups is 2. The molecule has 0 saturated heterocycles. The molecular weight excluding hydrogens is 364 g/mol. The van der Waals surface area contributed by atoms with E-state index < -0.39 is 5.97 Å². The van der Waals surface area contributed by atoms with Crippen molar-refractivity contribution in [1.82, 2.24) is 0 Å². The minimum atomic E-state index is -0.552. The monoisotopic (exact) mass is 378 g/mol. The van der Waals surface area contributed by atoms with Gasteiger partial charge in [0.1, 0.15) is 18.1 Å². The van der Waals surface area contributed by atoms with Crippen LogP contribution in [-0.4, -0.2) is 32.6 Å². The molecule has 0 heterocycles. The van der Waals surface area contributed by atoms with Crippen molar-refractivity contribution in [3.8, 4) is 11.5 Å². The van der Waals surface area contributed by atoms with Gasteiger partial charge in [0.2, 0.25) is 0 Å². The van der Waals surface area contributed by atoms with Gasteiger partial charge in [0.15, 0.2) is 6.29 Å². The van der Waals surface area contributed by atoms with E-state index in [-0.39, 0.29) is 5.75 Å². The molecular formula is C17H15BrO5. The summed E-state index contributed by atoms with van der Waals surface area (Å²) in [6, 6.07) is 11.4. The molecule has 0 fully saturated rings. The predicted octanol–water partition coefficient (Wildman–Crippen LogP) is 3.51. The van der Waals surface area contributed by atoms with Crippen LogP contribution in [0.3, 0.4) is 0 Å². The van der Waals surface area contributed by atoms with Gasteiger partial charge in [0.05, 0.1) is 22.2 Å². The summed E-state index contributed by atoms with van der Waals surface area (Å²) < 4.78 is 16.3. The number of esters is 1. The molecule has 6 heteroatoms. The zero-order valence-corrected chi connectivity index (χ0v) is 14.0. The summed E-state index contributed by atoms with van der Waals surface area (Å²) >= 11 is 3.35. The Balaban J connectivity index is 2.10. The third-order valence-electron chi connectivity index (χ3n) is 2.96. The quantitative estimate of drug-likeness (QED) is 0.319. The number of benzene rings is 2. The van der Waals surface area contributed by atoms with Crippen LogP contribution in [0, 0.1) is 0 Å². The van der Waals surface area contributed by atoms with Gasteiger partial charge in [-0.15, -0.1) is 0 Å². The Morgan fingerprint density at radius 1 is 1.13 bits per heavy atom. The Morgan fingerprint density at radius 3 is 2.61 bits per heavy atom. The summed E-state index contributed by atoms with van der Waals surface area (Å²) in [7, 11) is 1.59. The molecule has 0 bridgehead atoms. The van der Waals surface area contributed by atoms with E-state index in [9.17, 15) is 9.59 Å². The van der Waals surface area contributed by atoms with Gasteiger partial charge in [0.25, 0.3) is 0 Å². The summed E-state index contributed by atoms with van der Waals surface area (Å²) in [5, 5.41) is 0. The number of para-hydroxylation sites is 1. The fourth-order valence-electron chi connectivity index (χ4n) is 1.81. The Morgan fingerprint density at radius 2 is 1.91 bits per heavy atom. The van der Waals surface area contributed by atoms with Gasteiger partial charge < -0.3 is 14.2 Å². The average Bonchev–Trinajstić information content (AvgIpc) is 2.57. The second-order valence-corrected chi connectivity index (χ2v) is 5.39. The van der Waals surface area contributed by atoms with E-state index in [2.05, 4.69) is 15.9 Å². The highest BCUT2D eigenvalue weighted by molar-refractivity contribution is 9.10. The van der Waals surface area contributed by atoms with E-state index in [1.165, 1.54) is 0 Å². The highest BCUT2D eigenvalue weighted by Gasteiger charge is 2.13. The molecule has 120 valence electrons. The standard InChI is InChI=1S/C17H15BrO5/c1-21-8-9-22-16-7-6-12(10-14(16)18)17(20)23-15-5-3-2-4-13(15)11-19/h2-7,10-11H,8-9H2,1H3. The second-order valence-electron chi connectivity index (χ2n) is 4.53. The van der Waals surface area contributed by atoms with Crippen molar-refractivity contribution in [2.45, 2.75) is 0 Å². The van der Waals surface area contributed by atoms with Gasteiger partial charge in [-0.1, -0.05) is 12.1 Å². The van der Waals surface area contributed by atoms with Gasteiger partial charge in [-0.2, -0.15) is 0 Å². The maximum Gasteiger partial charge on any atom is 0.343 e. The Bertz CT molecular complexity index is 699. The number of carbonyl (C=O) groups excluding carboxylic acids is 2. The van der Waals surface area contributed by atoms with E-state index in [1.54, 1.807) is 49.6 Å². The van der Waals surface area contributed by atoms with Crippen molar-refractivity contribution in [1.29, 1.82) is 0 Å². The smallest absolute Gasteiger partial charge is 0.343 e. The van der Waals surface area contributed by atoms with E-state index in [1.807, 2.05) is 0 Å². The van der Waals surface area contributed by atoms with Gasteiger partial charge >= 0.3 is 5.97 Å². The number of halogens is 1. The summed E-state index contributed by atoms with van der Waals surface area (Å²) in [5.74, 6) is 0.277. The number of hydrogen-bond acceptors (Lipinski definition) is 5. The highest BCUT2D eigenvalue weighted by Crippen LogP contribution is 2.27. The number of ether oxygens (including phenoxy) is 3. The fraction of sp³-hybridized carbons (Fsp3) is 0.176. The summed E-state index contributed by atoms with van der Waals surface area (Å²) in [5.41, 5.74) is 0.663. The summed E-state index contributed by atoms with van der Waals surface area (Å²) in [4.78, 5) is 23.1. The van der Waals surface area contributed by atoms with Crippen molar-refractivity contribution < 1.29 is 23.8 Å². The molecule has 23 heavy (non-hydrogen) atoms. The van der Waals surface area contributed by atoms with Crippen LogP contribution in [-0.2, 0) is 4.74 Å². The fourth-order valence-corrected chi connectivity index (χ4v) is 2.30. The number of aldehydes is 1. The highest BCUT2D eigenvalue weighted by atomic mass is 79.9. The van der Waals surface area contributed by atoms with Crippen LogP contribution in [0.5, 0.6) is 11.5 Å². The molecule has 5 nitrogen and oxygen atoms in total. The minimum absolute atomic E-state index is 0.226. The van der Waals surface area contributed by atoms with Gasteiger partial charge in [-0.05, 0) is 46.3 Å². The zero-order valence-electron chi connectivity index (χ0n) is 12.5. The first-order chi connectivity index (χ1) is 11.2. The average molecular weight is 379 g/mol. The molecule has 0 aliphatic rings. The molecule has 0 N–H and O–H groups in total. The maximum atomic E-state index is 12.2. The molecule has 0 aromatic heterocycles. The maximum absolute atomic E-state index is 12.2. The summed E-state index contributed by atoms with van der Waals surface area (Å²) in [6.07, 6.45) is 0.644. The minimum Gasteiger partial charge on any atom is -0.490 e. The van der Waals surface area contributed by atoms with Crippen LogP contribution >= 0.6 is 15.9 Å². The first kappa shape index (κ1) is 17.2.